The van der Waals surface area contributed by atoms with Gasteiger partial charge in [0.15, 0.2) is 5.78 Å². The van der Waals surface area contributed by atoms with E-state index in [1.54, 1.807) is 13.8 Å². The Morgan fingerprint density at radius 2 is 2.11 bits per heavy atom. The van der Waals surface area contributed by atoms with E-state index in [2.05, 4.69) is 11.8 Å². The second-order valence-electron chi connectivity index (χ2n) is 5.20. The molecular formula is C15H18O3. The number of aliphatic hydroxyl groups is 1. The summed E-state index contributed by atoms with van der Waals surface area (Å²) in [5, 5.41) is 9.67. The number of aldehydes is 1. The molecule has 0 unspecified atom stereocenters. The van der Waals surface area contributed by atoms with Crippen LogP contribution in [-0.2, 0) is 9.59 Å². The quantitative estimate of drug-likeness (QED) is 0.436. The molecule has 3 nitrogen and oxygen atoms in total. The van der Waals surface area contributed by atoms with Gasteiger partial charge in [-0.3, -0.25) is 9.59 Å². The van der Waals surface area contributed by atoms with Crippen LogP contribution in [0, 0.1) is 17.3 Å². The smallest absolute Gasteiger partial charge is 0.187 e. The number of hydrogen-bond donors (Lipinski definition) is 1. The molecule has 0 saturated heterocycles. The molecule has 0 heterocycles. The van der Waals surface area contributed by atoms with Gasteiger partial charge in [0.2, 0.25) is 0 Å². The fraction of sp³-hybridized carbons (Fsp3) is 0.467. The minimum absolute atomic E-state index is 0.254. The normalized spacial score (nSPS) is 23.5. The average molecular weight is 246 g/mol. The first-order valence-corrected chi connectivity index (χ1v) is 5.87. The first-order valence-electron chi connectivity index (χ1n) is 5.87. The van der Waals surface area contributed by atoms with Crippen molar-refractivity contribution in [3.8, 4) is 11.8 Å². The van der Waals surface area contributed by atoms with E-state index in [-0.39, 0.29) is 11.2 Å². The number of Topliss-reactive ketones (excluding diaryl/α,β-unsaturated/α-hetero) is 1. The van der Waals surface area contributed by atoms with Crippen molar-refractivity contribution in [3.63, 3.8) is 0 Å². The molecule has 0 saturated carbocycles. The SMILES string of the molecule is CC(C#CC1=C(C)C(=O)[C@@H](O)CC1(C)C)=CC=O. The van der Waals surface area contributed by atoms with Gasteiger partial charge in [0.1, 0.15) is 12.4 Å². The van der Waals surface area contributed by atoms with Crippen LogP contribution in [0.5, 0.6) is 0 Å². The molecule has 1 aliphatic rings. The van der Waals surface area contributed by atoms with Crippen molar-refractivity contribution in [2.45, 2.75) is 40.2 Å². The third-order valence-corrected chi connectivity index (χ3v) is 3.13. The van der Waals surface area contributed by atoms with Crippen molar-refractivity contribution in [1.29, 1.82) is 0 Å². The lowest BCUT2D eigenvalue weighted by Gasteiger charge is -2.33. The monoisotopic (exact) mass is 246 g/mol. The maximum Gasteiger partial charge on any atom is 0.187 e. The van der Waals surface area contributed by atoms with Gasteiger partial charge >= 0.3 is 0 Å². The Morgan fingerprint density at radius 3 is 2.67 bits per heavy atom. The van der Waals surface area contributed by atoms with Crippen molar-refractivity contribution in [2.75, 3.05) is 0 Å². The molecule has 18 heavy (non-hydrogen) atoms. The lowest BCUT2D eigenvalue weighted by atomic mass is 9.71. The maximum atomic E-state index is 11.7. The first-order chi connectivity index (χ1) is 8.29. The van der Waals surface area contributed by atoms with E-state index in [9.17, 15) is 14.7 Å². The molecule has 0 fully saturated rings. The summed E-state index contributed by atoms with van der Waals surface area (Å²) in [6.07, 6.45) is 1.52. The Hall–Kier alpha value is -1.66. The molecule has 0 amide bonds. The fourth-order valence-corrected chi connectivity index (χ4v) is 2.13. The van der Waals surface area contributed by atoms with E-state index in [0.29, 0.717) is 23.9 Å². The number of allylic oxidation sites excluding steroid dienone is 3. The second-order valence-corrected chi connectivity index (χ2v) is 5.20. The Morgan fingerprint density at radius 1 is 1.50 bits per heavy atom. The second kappa shape index (κ2) is 5.32. The summed E-state index contributed by atoms with van der Waals surface area (Å²) in [6.45, 7) is 7.34. The summed E-state index contributed by atoms with van der Waals surface area (Å²) in [4.78, 5) is 22.1. The summed E-state index contributed by atoms with van der Waals surface area (Å²) in [6, 6.07) is 0. The third-order valence-electron chi connectivity index (χ3n) is 3.13. The molecule has 0 bridgehead atoms. The minimum Gasteiger partial charge on any atom is -0.385 e. The highest BCUT2D eigenvalue weighted by Gasteiger charge is 2.37. The molecule has 1 aliphatic carbocycles. The van der Waals surface area contributed by atoms with Gasteiger partial charge in [0, 0.05) is 22.1 Å². The Balaban J connectivity index is 3.23. The van der Waals surface area contributed by atoms with Crippen molar-refractivity contribution < 1.29 is 14.7 Å². The molecule has 0 aromatic heterocycles. The number of hydrogen-bond acceptors (Lipinski definition) is 3. The highest BCUT2D eigenvalue weighted by molar-refractivity contribution is 6.00. The van der Waals surface area contributed by atoms with E-state index in [1.165, 1.54) is 6.08 Å². The molecule has 3 heteroatoms. The molecule has 0 radical (unpaired) electrons. The lowest BCUT2D eigenvalue weighted by Crippen LogP contribution is -2.35. The van der Waals surface area contributed by atoms with Gasteiger partial charge in [-0.15, -0.1) is 0 Å². The maximum absolute atomic E-state index is 11.7. The molecule has 1 N–H and O–H groups in total. The zero-order valence-corrected chi connectivity index (χ0v) is 11.2. The zero-order valence-electron chi connectivity index (χ0n) is 11.2. The predicted octanol–water partition coefficient (Wildman–Crippen LogP) is 1.81. The number of rotatable bonds is 1. The highest BCUT2D eigenvalue weighted by Crippen LogP contribution is 2.38. The summed E-state index contributed by atoms with van der Waals surface area (Å²) < 4.78 is 0. The van der Waals surface area contributed by atoms with Crippen LogP contribution < -0.4 is 0 Å². The molecule has 1 atom stereocenters. The number of aliphatic hydroxyl groups excluding tert-OH is 1. The Kier molecular flexibility index (Phi) is 4.26. The molecule has 0 aliphatic heterocycles. The van der Waals surface area contributed by atoms with Crippen LogP contribution in [0.25, 0.3) is 0 Å². The van der Waals surface area contributed by atoms with Crippen molar-refractivity contribution in [2.24, 2.45) is 5.41 Å². The van der Waals surface area contributed by atoms with Crippen LogP contribution in [0.1, 0.15) is 34.1 Å². The topological polar surface area (TPSA) is 54.4 Å². The number of ketones is 1. The van der Waals surface area contributed by atoms with Crippen LogP contribution in [0.4, 0.5) is 0 Å². The van der Waals surface area contributed by atoms with E-state index < -0.39 is 6.10 Å². The number of carbonyl (C=O) groups excluding carboxylic acids is 2. The average Bonchev–Trinajstić information content (AvgIpc) is 2.25. The number of carbonyl (C=O) groups is 2. The van der Waals surface area contributed by atoms with E-state index in [4.69, 9.17) is 0 Å². The summed E-state index contributed by atoms with van der Waals surface area (Å²) in [5.74, 6) is 5.58. The fourth-order valence-electron chi connectivity index (χ4n) is 2.13. The third kappa shape index (κ3) is 2.96. The van der Waals surface area contributed by atoms with E-state index >= 15 is 0 Å². The van der Waals surface area contributed by atoms with E-state index in [0.717, 1.165) is 5.57 Å². The summed E-state index contributed by atoms with van der Waals surface area (Å²) in [7, 11) is 0. The standard InChI is InChI=1S/C15H18O3/c1-10(7-8-16)5-6-12-11(2)14(18)13(17)9-15(12,3)4/h7-8,13,17H,9H2,1-4H3/t13-/m0/s1. The van der Waals surface area contributed by atoms with Gasteiger partial charge < -0.3 is 5.11 Å². The van der Waals surface area contributed by atoms with Crippen LogP contribution in [0.3, 0.4) is 0 Å². The van der Waals surface area contributed by atoms with Crippen LogP contribution in [-0.4, -0.2) is 23.3 Å². The molecular weight excluding hydrogens is 228 g/mol. The van der Waals surface area contributed by atoms with Crippen LogP contribution >= 0.6 is 0 Å². The summed E-state index contributed by atoms with van der Waals surface area (Å²) in [5.41, 5.74) is 1.59. The molecule has 1 rings (SSSR count). The molecule has 0 aromatic carbocycles. The molecule has 96 valence electrons. The van der Waals surface area contributed by atoms with Gasteiger partial charge in [0.05, 0.1) is 0 Å². The largest absolute Gasteiger partial charge is 0.385 e. The van der Waals surface area contributed by atoms with Crippen molar-refractivity contribution in [1.82, 2.24) is 0 Å². The molecule has 0 spiro atoms. The predicted molar refractivity (Wildman–Crippen MR) is 69.7 cm³/mol. The van der Waals surface area contributed by atoms with Crippen molar-refractivity contribution >= 4 is 12.1 Å². The van der Waals surface area contributed by atoms with E-state index in [1.807, 2.05) is 13.8 Å². The summed E-state index contributed by atoms with van der Waals surface area (Å²) >= 11 is 0. The van der Waals surface area contributed by atoms with Gasteiger partial charge in [-0.1, -0.05) is 25.7 Å². The van der Waals surface area contributed by atoms with Gasteiger partial charge in [-0.05, 0) is 26.3 Å². The van der Waals surface area contributed by atoms with Gasteiger partial charge in [-0.2, -0.15) is 0 Å². The zero-order chi connectivity index (χ0) is 13.9. The minimum atomic E-state index is -0.933. The van der Waals surface area contributed by atoms with Crippen LogP contribution in [0.2, 0.25) is 0 Å². The Labute approximate surface area is 108 Å². The van der Waals surface area contributed by atoms with Gasteiger partial charge in [-0.25, -0.2) is 0 Å². The lowest BCUT2D eigenvalue weighted by molar-refractivity contribution is -0.125. The van der Waals surface area contributed by atoms with Crippen molar-refractivity contribution in [3.05, 3.63) is 22.8 Å². The highest BCUT2D eigenvalue weighted by atomic mass is 16.3. The van der Waals surface area contributed by atoms with Gasteiger partial charge in [0.25, 0.3) is 0 Å². The first kappa shape index (κ1) is 14.4. The molecule has 0 aromatic rings. The Bertz CT molecular complexity index is 496. The van der Waals surface area contributed by atoms with Crippen LogP contribution in [0.15, 0.2) is 22.8 Å².